The molecule has 0 saturated carbocycles. The van der Waals surface area contributed by atoms with Crippen LogP contribution in [0.5, 0.6) is 0 Å². The molecular formula is C13H18N2S. The average molecular weight is 234 g/mol. The monoisotopic (exact) mass is 234 g/mol. The van der Waals surface area contributed by atoms with Gasteiger partial charge in [0.1, 0.15) is 0 Å². The Morgan fingerprint density at radius 1 is 1.25 bits per heavy atom. The zero-order valence-electron chi connectivity index (χ0n) is 9.54. The molecule has 86 valence electrons. The van der Waals surface area contributed by atoms with Crippen LogP contribution in [-0.4, -0.2) is 36.0 Å². The highest BCUT2D eigenvalue weighted by atomic mass is 32.2. The van der Waals surface area contributed by atoms with Crippen molar-refractivity contribution in [1.29, 1.82) is 0 Å². The second-order valence-corrected chi connectivity index (χ2v) is 5.78. The topological polar surface area (TPSA) is 15.3 Å². The molecule has 0 bridgehead atoms. The van der Waals surface area contributed by atoms with Crippen LogP contribution >= 0.6 is 11.8 Å². The quantitative estimate of drug-likeness (QED) is 0.844. The highest BCUT2D eigenvalue weighted by Crippen LogP contribution is 2.24. The summed E-state index contributed by atoms with van der Waals surface area (Å²) in [7, 11) is 0. The zero-order valence-corrected chi connectivity index (χ0v) is 10.4. The van der Waals surface area contributed by atoms with Gasteiger partial charge in [-0.15, -0.1) is 0 Å². The third kappa shape index (κ3) is 2.20. The maximum Gasteiger partial charge on any atom is 0.0373 e. The highest BCUT2D eigenvalue weighted by molar-refractivity contribution is 7.99. The molecule has 1 N–H and O–H groups in total. The Labute approximate surface area is 101 Å². The molecule has 3 rings (SSSR count). The third-order valence-corrected chi connectivity index (χ3v) is 4.33. The van der Waals surface area contributed by atoms with Gasteiger partial charge in [0.05, 0.1) is 0 Å². The van der Waals surface area contributed by atoms with Gasteiger partial charge in [-0.05, 0) is 23.6 Å². The number of hydrogen-bond acceptors (Lipinski definition) is 3. The number of benzene rings is 1. The number of thioether (sulfide) groups is 1. The summed E-state index contributed by atoms with van der Waals surface area (Å²) in [5.41, 5.74) is 4.33. The molecule has 0 aliphatic carbocycles. The second kappa shape index (κ2) is 4.68. The highest BCUT2D eigenvalue weighted by Gasteiger charge is 2.13. The molecule has 2 nitrogen and oxygen atoms in total. The predicted octanol–water partition coefficient (Wildman–Crippen LogP) is 2.20. The lowest BCUT2D eigenvalue weighted by Gasteiger charge is -2.26. The Bertz CT molecular complexity index is 372. The van der Waals surface area contributed by atoms with Crippen LogP contribution in [0.25, 0.3) is 0 Å². The number of fused-ring (bicyclic) bond motifs is 1. The van der Waals surface area contributed by atoms with Crippen molar-refractivity contribution in [2.24, 2.45) is 0 Å². The SMILES string of the molecule is c1cc2c(cc1CN1CCSCC1)CCN2. The molecule has 0 atom stereocenters. The maximum atomic E-state index is 3.41. The van der Waals surface area contributed by atoms with Crippen LogP contribution in [0.2, 0.25) is 0 Å². The Balaban J connectivity index is 1.69. The summed E-state index contributed by atoms with van der Waals surface area (Å²) in [6.45, 7) is 4.74. The first-order chi connectivity index (χ1) is 7.92. The largest absolute Gasteiger partial charge is 0.384 e. The average Bonchev–Trinajstić information content (AvgIpc) is 2.77. The minimum atomic E-state index is 1.11. The maximum absolute atomic E-state index is 3.41. The Hall–Kier alpha value is -0.670. The van der Waals surface area contributed by atoms with Gasteiger partial charge < -0.3 is 5.32 Å². The first-order valence-electron chi connectivity index (χ1n) is 6.07. The number of nitrogens with zero attached hydrogens (tertiary/aromatic N) is 1. The van der Waals surface area contributed by atoms with Gasteiger partial charge in [-0.3, -0.25) is 4.90 Å². The number of rotatable bonds is 2. The minimum absolute atomic E-state index is 1.11. The number of anilines is 1. The van der Waals surface area contributed by atoms with Crippen LogP contribution < -0.4 is 5.32 Å². The summed E-state index contributed by atoms with van der Waals surface area (Å²) < 4.78 is 0. The van der Waals surface area contributed by atoms with Crippen molar-refractivity contribution in [3.63, 3.8) is 0 Å². The van der Waals surface area contributed by atoms with Crippen molar-refractivity contribution in [1.82, 2.24) is 4.90 Å². The van der Waals surface area contributed by atoms with E-state index in [1.54, 1.807) is 0 Å². The summed E-state index contributed by atoms with van der Waals surface area (Å²) in [5.74, 6) is 2.60. The molecule has 1 aromatic rings. The summed E-state index contributed by atoms with van der Waals surface area (Å²) in [6, 6.07) is 6.91. The van der Waals surface area contributed by atoms with E-state index < -0.39 is 0 Å². The van der Waals surface area contributed by atoms with Crippen LogP contribution in [0.1, 0.15) is 11.1 Å². The first-order valence-corrected chi connectivity index (χ1v) is 7.23. The summed E-state index contributed by atoms with van der Waals surface area (Å²) in [4.78, 5) is 2.57. The van der Waals surface area contributed by atoms with E-state index in [0.29, 0.717) is 0 Å². The first kappa shape index (κ1) is 10.5. The summed E-state index contributed by atoms with van der Waals surface area (Å²) in [5, 5.41) is 3.41. The van der Waals surface area contributed by atoms with Crippen LogP contribution in [0.4, 0.5) is 5.69 Å². The molecule has 1 aromatic carbocycles. The van der Waals surface area contributed by atoms with Crippen molar-refractivity contribution in [2.45, 2.75) is 13.0 Å². The van der Waals surface area contributed by atoms with Crippen molar-refractivity contribution in [3.05, 3.63) is 29.3 Å². The smallest absolute Gasteiger partial charge is 0.0373 e. The van der Waals surface area contributed by atoms with Gasteiger partial charge in [0.15, 0.2) is 0 Å². The standard InChI is InChI=1S/C13H18N2S/c1-2-13-12(3-4-14-13)9-11(1)10-15-5-7-16-8-6-15/h1-2,9,14H,3-8,10H2. The van der Waals surface area contributed by atoms with E-state index in [1.807, 2.05) is 0 Å². The second-order valence-electron chi connectivity index (χ2n) is 4.56. The molecule has 0 unspecified atom stereocenters. The van der Waals surface area contributed by atoms with Gasteiger partial charge in [-0.25, -0.2) is 0 Å². The van der Waals surface area contributed by atoms with E-state index in [4.69, 9.17) is 0 Å². The molecule has 1 fully saturated rings. The van der Waals surface area contributed by atoms with E-state index in [2.05, 4.69) is 40.2 Å². The number of hydrogen-bond donors (Lipinski definition) is 1. The Kier molecular flexibility index (Phi) is 3.06. The van der Waals surface area contributed by atoms with Crippen molar-refractivity contribution in [3.8, 4) is 0 Å². The molecule has 0 amide bonds. The van der Waals surface area contributed by atoms with E-state index in [0.717, 1.165) is 13.1 Å². The van der Waals surface area contributed by atoms with E-state index >= 15 is 0 Å². The Morgan fingerprint density at radius 3 is 3.00 bits per heavy atom. The van der Waals surface area contributed by atoms with Gasteiger partial charge in [-0.1, -0.05) is 12.1 Å². The van der Waals surface area contributed by atoms with Crippen molar-refractivity contribution < 1.29 is 0 Å². The van der Waals surface area contributed by atoms with Crippen LogP contribution in [0, 0.1) is 0 Å². The van der Waals surface area contributed by atoms with E-state index in [9.17, 15) is 0 Å². The lowest BCUT2D eigenvalue weighted by Crippen LogP contribution is -2.31. The lowest BCUT2D eigenvalue weighted by molar-refractivity contribution is 0.294. The fourth-order valence-electron chi connectivity index (χ4n) is 2.47. The fourth-order valence-corrected chi connectivity index (χ4v) is 3.45. The molecule has 2 aliphatic heterocycles. The summed E-state index contributed by atoms with van der Waals surface area (Å²) >= 11 is 2.08. The van der Waals surface area contributed by atoms with Gasteiger partial charge >= 0.3 is 0 Å². The summed E-state index contributed by atoms with van der Waals surface area (Å²) in [6.07, 6.45) is 1.19. The van der Waals surface area contributed by atoms with Gasteiger partial charge in [0, 0.05) is 43.4 Å². The third-order valence-electron chi connectivity index (χ3n) is 3.39. The van der Waals surface area contributed by atoms with Crippen LogP contribution in [0.15, 0.2) is 18.2 Å². The molecule has 16 heavy (non-hydrogen) atoms. The molecule has 2 aliphatic rings. The zero-order chi connectivity index (χ0) is 10.8. The van der Waals surface area contributed by atoms with Crippen molar-refractivity contribution in [2.75, 3.05) is 36.5 Å². The molecule has 0 radical (unpaired) electrons. The van der Waals surface area contributed by atoms with Gasteiger partial charge in [0.25, 0.3) is 0 Å². The fraction of sp³-hybridized carbons (Fsp3) is 0.538. The molecule has 0 aromatic heterocycles. The molecule has 1 saturated heterocycles. The number of nitrogens with one attached hydrogen (secondary N) is 1. The molecule has 2 heterocycles. The van der Waals surface area contributed by atoms with Gasteiger partial charge in [-0.2, -0.15) is 11.8 Å². The Morgan fingerprint density at radius 2 is 2.12 bits per heavy atom. The van der Waals surface area contributed by atoms with Crippen molar-refractivity contribution >= 4 is 17.4 Å². The van der Waals surface area contributed by atoms with Crippen LogP contribution in [-0.2, 0) is 13.0 Å². The minimum Gasteiger partial charge on any atom is -0.384 e. The molecule has 3 heteroatoms. The van der Waals surface area contributed by atoms with E-state index in [1.165, 1.54) is 47.8 Å². The van der Waals surface area contributed by atoms with Crippen LogP contribution in [0.3, 0.4) is 0 Å². The van der Waals surface area contributed by atoms with Gasteiger partial charge in [0.2, 0.25) is 0 Å². The van der Waals surface area contributed by atoms with E-state index in [-0.39, 0.29) is 0 Å². The lowest BCUT2D eigenvalue weighted by atomic mass is 10.1. The predicted molar refractivity (Wildman–Crippen MR) is 71.2 cm³/mol. The molecular weight excluding hydrogens is 216 g/mol. The molecule has 0 spiro atoms. The normalized spacial score (nSPS) is 20.5.